The number of rotatable bonds is 4. The molecule has 0 spiro atoms. The molecule has 1 aromatic carbocycles. The van der Waals surface area contributed by atoms with E-state index in [-0.39, 0.29) is 11.9 Å². The van der Waals surface area contributed by atoms with Gasteiger partial charge in [-0.1, -0.05) is 31.2 Å². The van der Waals surface area contributed by atoms with Crippen LogP contribution in [0.5, 0.6) is 0 Å². The van der Waals surface area contributed by atoms with Crippen molar-refractivity contribution in [2.24, 2.45) is 5.84 Å². The Kier molecular flexibility index (Phi) is 4.02. The summed E-state index contributed by atoms with van der Waals surface area (Å²) in [6.07, 6.45) is 3.78. The van der Waals surface area contributed by atoms with Gasteiger partial charge in [0, 0.05) is 6.20 Å². The van der Waals surface area contributed by atoms with Gasteiger partial charge in [0.1, 0.15) is 5.82 Å². The average molecular weight is 245 g/mol. The van der Waals surface area contributed by atoms with Gasteiger partial charge in [-0.25, -0.2) is 9.82 Å². The molecule has 0 fully saturated rings. The molecular formula is C14H16FN3. The largest absolute Gasteiger partial charge is 0.271 e. The molecule has 4 heteroatoms. The number of nitrogens with one attached hydrogen (secondary N) is 1. The Morgan fingerprint density at radius 2 is 1.94 bits per heavy atom. The van der Waals surface area contributed by atoms with Crippen molar-refractivity contribution in [3.8, 4) is 0 Å². The molecule has 1 atom stereocenters. The number of nitrogens with zero attached hydrogens (tertiary/aromatic N) is 1. The van der Waals surface area contributed by atoms with Crippen molar-refractivity contribution < 1.29 is 4.39 Å². The van der Waals surface area contributed by atoms with Crippen molar-refractivity contribution >= 4 is 0 Å². The highest BCUT2D eigenvalue weighted by molar-refractivity contribution is 5.32. The third-order valence-corrected chi connectivity index (χ3v) is 2.95. The first kappa shape index (κ1) is 12.7. The lowest BCUT2D eigenvalue weighted by Crippen LogP contribution is -2.29. The van der Waals surface area contributed by atoms with Crippen molar-refractivity contribution in [2.75, 3.05) is 0 Å². The number of nitrogens with two attached hydrogens (primary N) is 1. The lowest BCUT2D eigenvalue weighted by atomic mass is 9.99. The standard InChI is InChI=1S/C14H16FN3/c1-2-10-3-5-11(6-4-10)14(18-16)12-7-13(15)9-17-8-12/h3-9,14,18H,2,16H2,1H3. The maximum Gasteiger partial charge on any atom is 0.141 e. The van der Waals surface area contributed by atoms with Gasteiger partial charge in [0.2, 0.25) is 0 Å². The van der Waals surface area contributed by atoms with Crippen LogP contribution >= 0.6 is 0 Å². The number of hydrogen-bond acceptors (Lipinski definition) is 3. The van der Waals surface area contributed by atoms with Crippen LogP contribution in [-0.2, 0) is 6.42 Å². The van der Waals surface area contributed by atoms with Crippen molar-refractivity contribution in [2.45, 2.75) is 19.4 Å². The number of hydrazine groups is 1. The second kappa shape index (κ2) is 5.71. The zero-order chi connectivity index (χ0) is 13.0. The summed E-state index contributed by atoms with van der Waals surface area (Å²) in [7, 11) is 0. The fraction of sp³-hybridized carbons (Fsp3) is 0.214. The Bertz CT molecular complexity index is 511. The topological polar surface area (TPSA) is 50.9 Å². The quantitative estimate of drug-likeness (QED) is 0.642. The first-order chi connectivity index (χ1) is 8.74. The van der Waals surface area contributed by atoms with Gasteiger partial charge in [-0.2, -0.15) is 0 Å². The highest BCUT2D eigenvalue weighted by atomic mass is 19.1. The maximum atomic E-state index is 13.2. The third kappa shape index (κ3) is 2.72. The Balaban J connectivity index is 2.32. The summed E-state index contributed by atoms with van der Waals surface area (Å²) in [6.45, 7) is 2.10. The van der Waals surface area contributed by atoms with Crippen LogP contribution in [0.2, 0.25) is 0 Å². The highest BCUT2D eigenvalue weighted by Crippen LogP contribution is 2.21. The van der Waals surface area contributed by atoms with E-state index >= 15 is 0 Å². The molecule has 94 valence electrons. The molecule has 0 bridgehead atoms. The minimum atomic E-state index is -0.363. The summed E-state index contributed by atoms with van der Waals surface area (Å²) in [6, 6.07) is 9.27. The van der Waals surface area contributed by atoms with Crippen molar-refractivity contribution in [1.82, 2.24) is 10.4 Å². The normalized spacial score (nSPS) is 12.4. The van der Waals surface area contributed by atoms with Crippen LogP contribution in [0, 0.1) is 5.82 Å². The number of hydrogen-bond donors (Lipinski definition) is 2. The number of aryl methyl sites for hydroxylation is 1. The minimum absolute atomic E-state index is 0.251. The van der Waals surface area contributed by atoms with E-state index < -0.39 is 0 Å². The number of aromatic nitrogens is 1. The SMILES string of the molecule is CCc1ccc(C(NN)c2cncc(F)c2)cc1. The van der Waals surface area contributed by atoms with Crippen molar-refractivity contribution in [3.63, 3.8) is 0 Å². The number of benzene rings is 1. The van der Waals surface area contributed by atoms with E-state index in [4.69, 9.17) is 5.84 Å². The molecule has 0 aliphatic carbocycles. The fourth-order valence-electron chi connectivity index (χ4n) is 1.92. The van der Waals surface area contributed by atoms with Crippen LogP contribution in [0.1, 0.15) is 29.7 Å². The van der Waals surface area contributed by atoms with Gasteiger partial charge in [-0.15, -0.1) is 0 Å². The smallest absolute Gasteiger partial charge is 0.141 e. The van der Waals surface area contributed by atoms with E-state index in [1.54, 1.807) is 6.20 Å². The van der Waals surface area contributed by atoms with Crippen LogP contribution in [0.4, 0.5) is 4.39 Å². The molecule has 1 unspecified atom stereocenters. The molecule has 3 nitrogen and oxygen atoms in total. The van der Waals surface area contributed by atoms with Crippen LogP contribution in [-0.4, -0.2) is 4.98 Å². The van der Waals surface area contributed by atoms with Crippen LogP contribution in [0.25, 0.3) is 0 Å². The number of halogens is 1. The van der Waals surface area contributed by atoms with E-state index in [1.165, 1.54) is 17.8 Å². The molecule has 0 amide bonds. The maximum absolute atomic E-state index is 13.2. The zero-order valence-corrected chi connectivity index (χ0v) is 10.2. The predicted octanol–water partition coefficient (Wildman–Crippen LogP) is 2.34. The molecule has 0 aliphatic heterocycles. The molecule has 0 aliphatic rings. The minimum Gasteiger partial charge on any atom is -0.271 e. The highest BCUT2D eigenvalue weighted by Gasteiger charge is 2.13. The molecule has 3 N–H and O–H groups in total. The van der Waals surface area contributed by atoms with Crippen LogP contribution in [0.15, 0.2) is 42.7 Å². The summed E-state index contributed by atoms with van der Waals surface area (Å²) < 4.78 is 13.2. The third-order valence-electron chi connectivity index (χ3n) is 2.95. The monoisotopic (exact) mass is 245 g/mol. The molecule has 18 heavy (non-hydrogen) atoms. The average Bonchev–Trinajstić information content (AvgIpc) is 2.40. The Morgan fingerprint density at radius 3 is 2.50 bits per heavy atom. The van der Waals surface area contributed by atoms with E-state index in [9.17, 15) is 4.39 Å². The van der Waals surface area contributed by atoms with Gasteiger partial charge in [0.25, 0.3) is 0 Å². The van der Waals surface area contributed by atoms with E-state index in [0.717, 1.165) is 12.0 Å². The molecule has 0 radical (unpaired) electrons. The molecule has 2 aromatic rings. The second-order valence-corrected chi connectivity index (χ2v) is 4.13. The van der Waals surface area contributed by atoms with Gasteiger partial charge in [0.05, 0.1) is 12.2 Å². The molecule has 0 saturated carbocycles. The Labute approximate surface area is 106 Å². The zero-order valence-electron chi connectivity index (χ0n) is 10.2. The summed E-state index contributed by atoms with van der Waals surface area (Å²) in [5, 5.41) is 0. The summed E-state index contributed by atoms with van der Waals surface area (Å²) in [5.74, 6) is 5.19. The molecule has 2 rings (SSSR count). The summed E-state index contributed by atoms with van der Waals surface area (Å²) in [4.78, 5) is 3.84. The first-order valence-corrected chi connectivity index (χ1v) is 5.90. The molecule has 1 aromatic heterocycles. The lowest BCUT2D eigenvalue weighted by molar-refractivity contribution is 0.598. The fourth-order valence-corrected chi connectivity index (χ4v) is 1.92. The van der Waals surface area contributed by atoms with Crippen LogP contribution < -0.4 is 11.3 Å². The molecular weight excluding hydrogens is 229 g/mol. The lowest BCUT2D eigenvalue weighted by Gasteiger charge is -2.16. The van der Waals surface area contributed by atoms with Gasteiger partial charge >= 0.3 is 0 Å². The van der Waals surface area contributed by atoms with E-state index in [0.29, 0.717) is 5.56 Å². The van der Waals surface area contributed by atoms with E-state index in [2.05, 4.69) is 17.3 Å². The predicted molar refractivity (Wildman–Crippen MR) is 69.2 cm³/mol. The summed E-state index contributed by atoms with van der Waals surface area (Å²) in [5.41, 5.74) is 5.65. The number of pyridine rings is 1. The van der Waals surface area contributed by atoms with Crippen molar-refractivity contribution in [1.29, 1.82) is 0 Å². The van der Waals surface area contributed by atoms with Crippen molar-refractivity contribution in [3.05, 3.63) is 65.2 Å². The Hall–Kier alpha value is -1.78. The van der Waals surface area contributed by atoms with Gasteiger partial charge in [0.15, 0.2) is 0 Å². The van der Waals surface area contributed by atoms with Crippen LogP contribution in [0.3, 0.4) is 0 Å². The van der Waals surface area contributed by atoms with Gasteiger partial charge in [-0.05, 0) is 29.2 Å². The summed E-state index contributed by atoms with van der Waals surface area (Å²) >= 11 is 0. The molecule has 1 heterocycles. The molecule has 0 saturated heterocycles. The van der Waals surface area contributed by atoms with Gasteiger partial charge in [-0.3, -0.25) is 10.8 Å². The first-order valence-electron chi connectivity index (χ1n) is 5.90. The second-order valence-electron chi connectivity index (χ2n) is 4.13. The Morgan fingerprint density at radius 1 is 1.22 bits per heavy atom. The van der Waals surface area contributed by atoms with E-state index in [1.807, 2.05) is 24.3 Å². The van der Waals surface area contributed by atoms with Gasteiger partial charge < -0.3 is 0 Å².